The SMILES string of the molecule is CCCCCN1C(=O)C(=Cc2ccc(-c3ccc(C(C)=O)cc3)o2)C(C)=C(C#N)C1=O. The third-order valence-electron chi connectivity index (χ3n) is 5.30. The summed E-state index contributed by atoms with van der Waals surface area (Å²) < 4.78 is 5.88. The molecule has 158 valence electrons. The molecule has 2 heterocycles. The number of hydrogen-bond acceptors (Lipinski definition) is 5. The number of furan rings is 1. The number of carbonyl (C=O) groups is 3. The molecule has 3 rings (SSSR count). The smallest absolute Gasteiger partial charge is 0.271 e. The van der Waals surface area contributed by atoms with Gasteiger partial charge in [0.15, 0.2) is 5.78 Å². The number of imide groups is 1. The van der Waals surface area contributed by atoms with E-state index in [0.717, 1.165) is 23.3 Å². The van der Waals surface area contributed by atoms with E-state index < -0.39 is 11.8 Å². The Labute approximate surface area is 181 Å². The normalized spacial score (nSPS) is 15.5. The van der Waals surface area contributed by atoms with Crippen molar-refractivity contribution in [3.63, 3.8) is 0 Å². The second-order valence-corrected chi connectivity index (χ2v) is 7.47. The van der Waals surface area contributed by atoms with Crippen molar-refractivity contribution >= 4 is 23.7 Å². The fraction of sp³-hybridized carbons (Fsp3) is 0.280. The number of amides is 2. The van der Waals surface area contributed by atoms with Crippen LogP contribution in [0, 0.1) is 11.3 Å². The van der Waals surface area contributed by atoms with Crippen LogP contribution >= 0.6 is 0 Å². The largest absolute Gasteiger partial charge is 0.457 e. The summed E-state index contributed by atoms with van der Waals surface area (Å²) in [5.41, 5.74) is 2.02. The fourth-order valence-corrected chi connectivity index (χ4v) is 3.45. The molecule has 0 fully saturated rings. The molecule has 2 aromatic rings. The van der Waals surface area contributed by atoms with Crippen molar-refractivity contribution in [2.75, 3.05) is 6.54 Å². The summed E-state index contributed by atoms with van der Waals surface area (Å²) in [4.78, 5) is 38.2. The van der Waals surface area contributed by atoms with Gasteiger partial charge in [0.25, 0.3) is 11.8 Å². The van der Waals surface area contributed by atoms with Gasteiger partial charge in [-0.3, -0.25) is 19.3 Å². The molecule has 1 aliphatic heterocycles. The number of carbonyl (C=O) groups excluding carboxylic acids is 3. The monoisotopic (exact) mass is 416 g/mol. The Kier molecular flexibility index (Phi) is 6.66. The Morgan fingerprint density at radius 3 is 2.42 bits per heavy atom. The molecule has 1 aromatic carbocycles. The van der Waals surface area contributed by atoms with Crippen LogP contribution in [0.4, 0.5) is 0 Å². The zero-order valence-corrected chi connectivity index (χ0v) is 17.9. The molecule has 0 bridgehead atoms. The van der Waals surface area contributed by atoms with Gasteiger partial charge in [-0.2, -0.15) is 5.26 Å². The van der Waals surface area contributed by atoms with E-state index in [1.54, 1.807) is 49.4 Å². The number of nitrogens with zero attached hydrogens (tertiary/aromatic N) is 2. The maximum atomic E-state index is 13.0. The van der Waals surface area contributed by atoms with Crippen LogP contribution in [0.15, 0.2) is 57.5 Å². The highest BCUT2D eigenvalue weighted by molar-refractivity contribution is 6.19. The summed E-state index contributed by atoms with van der Waals surface area (Å²) in [5, 5.41) is 9.46. The lowest BCUT2D eigenvalue weighted by atomic mass is 9.94. The van der Waals surface area contributed by atoms with Gasteiger partial charge in [-0.15, -0.1) is 0 Å². The lowest BCUT2D eigenvalue weighted by molar-refractivity contribution is -0.140. The number of rotatable bonds is 7. The zero-order chi connectivity index (χ0) is 22.5. The Hall–Kier alpha value is -3.72. The summed E-state index contributed by atoms with van der Waals surface area (Å²) in [6.45, 7) is 5.44. The van der Waals surface area contributed by atoms with Crippen molar-refractivity contribution < 1.29 is 18.8 Å². The summed E-state index contributed by atoms with van der Waals surface area (Å²) in [6.07, 6.45) is 4.12. The number of unbranched alkanes of at least 4 members (excludes halogenated alkanes) is 2. The molecule has 2 amide bonds. The van der Waals surface area contributed by atoms with Gasteiger partial charge in [0.05, 0.1) is 0 Å². The van der Waals surface area contributed by atoms with Crippen molar-refractivity contribution in [2.45, 2.75) is 40.0 Å². The second-order valence-electron chi connectivity index (χ2n) is 7.47. The average Bonchev–Trinajstić information content (AvgIpc) is 3.23. The molecular formula is C25H24N2O4. The van der Waals surface area contributed by atoms with E-state index in [-0.39, 0.29) is 23.5 Å². The van der Waals surface area contributed by atoms with Crippen LogP contribution in [-0.4, -0.2) is 29.0 Å². The standard InChI is InChI=1S/C25H24N2O4/c1-4-5-6-13-27-24(29)21(16(2)22(15-26)25(27)30)14-20-11-12-23(31-20)19-9-7-18(8-10-19)17(3)28/h7-12,14H,4-6,13H2,1-3H3. The van der Waals surface area contributed by atoms with Gasteiger partial charge in [0.1, 0.15) is 23.2 Å². The van der Waals surface area contributed by atoms with E-state index >= 15 is 0 Å². The van der Waals surface area contributed by atoms with Crippen LogP contribution in [0.3, 0.4) is 0 Å². The van der Waals surface area contributed by atoms with E-state index in [4.69, 9.17) is 4.42 Å². The number of hydrogen-bond donors (Lipinski definition) is 0. The van der Waals surface area contributed by atoms with Crippen LogP contribution in [0.5, 0.6) is 0 Å². The molecular weight excluding hydrogens is 392 g/mol. The third-order valence-corrected chi connectivity index (χ3v) is 5.30. The van der Waals surface area contributed by atoms with Crippen LogP contribution in [0.1, 0.15) is 56.2 Å². The van der Waals surface area contributed by atoms with Gasteiger partial charge in [0.2, 0.25) is 0 Å². The molecule has 1 aliphatic rings. The van der Waals surface area contributed by atoms with Crippen LogP contribution in [0.2, 0.25) is 0 Å². The van der Waals surface area contributed by atoms with Crippen molar-refractivity contribution in [1.29, 1.82) is 5.26 Å². The Balaban J connectivity index is 1.93. The molecule has 0 N–H and O–H groups in total. The number of benzene rings is 1. The number of Topliss-reactive ketones (excluding diaryl/α,β-unsaturated/α-hetero) is 1. The molecule has 0 spiro atoms. The molecule has 0 saturated carbocycles. The zero-order valence-electron chi connectivity index (χ0n) is 17.9. The number of ketones is 1. The molecule has 0 unspecified atom stereocenters. The average molecular weight is 416 g/mol. The minimum absolute atomic E-state index is 0.0131. The first-order valence-corrected chi connectivity index (χ1v) is 10.3. The van der Waals surface area contributed by atoms with Crippen LogP contribution < -0.4 is 0 Å². The topological polar surface area (TPSA) is 91.4 Å². The lowest BCUT2D eigenvalue weighted by Crippen LogP contribution is -2.43. The maximum Gasteiger partial charge on any atom is 0.271 e. The Bertz CT molecular complexity index is 1130. The first kappa shape index (κ1) is 22.0. The van der Waals surface area contributed by atoms with Crippen molar-refractivity contribution in [3.8, 4) is 17.4 Å². The second kappa shape index (κ2) is 9.40. The predicted molar refractivity (Wildman–Crippen MR) is 117 cm³/mol. The highest BCUT2D eigenvalue weighted by atomic mass is 16.3. The van der Waals surface area contributed by atoms with Crippen molar-refractivity contribution in [3.05, 3.63) is 64.4 Å². The molecule has 0 radical (unpaired) electrons. The molecule has 0 atom stereocenters. The van der Waals surface area contributed by atoms with E-state index in [1.165, 1.54) is 6.92 Å². The van der Waals surface area contributed by atoms with Gasteiger partial charge >= 0.3 is 0 Å². The van der Waals surface area contributed by atoms with Crippen molar-refractivity contribution in [1.82, 2.24) is 4.90 Å². The number of nitriles is 1. The minimum Gasteiger partial charge on any atom is -0.457 e. The van der Waals surface area contributed by atoms with E-state index in [2.05, 4.69) is 0 Å². The van der Waals surface area contributed by atoms with Gasteiger partial charge in [-0.1, -0.05) is 44.0 Å². The van der Waals surface area contributed by atoms with Crippen LogP contribution in [0.25, 0.3) is 17.4 Å². The first-order valence-electron chi connectivity index (χ1n) is 10.3. The maximum absolute atomic E-state index is 13.0. The summed E-state index contributed by atoms with van der Waals surface area (Å²) in [5.74, 6) is 0.0582. The molecule has 6 nitrogen and oxygen atoms in total. The quantitative estimate of drug-likeness (QED) is 0.276. The summed E-state index contributed by atoms with van der Waals surface area (Å²) >= 11 is 0. The first-order chi connectivity index (χ1) is 14.9. The third kappa shape index (κ3) is 4.56. The van der Waals surface area contributed by atoms with E-state index in [1.807, 2.05) is 13.0 Å². The van der Waals surface area contributed by atoms with Gasteiger partial charge in [-0.25, -0.2) is 0 Å². The highest BCUT2D eigenvalue weighted by Crippen LogP contribution is 2.29. The lowest BCUT2D eigenvalue weighted by Gasteiger charge is -2.27. The molecule has 0 aliphatic carbocycles. The Morgan fingerprint density at radius 1 is 1.10 bits per heavy atom. The van der Waals surface area contributed by atoms with Gasteiger partial charge < -0.3 is 4.42 Å². The molecule has 0 saturated heterocycles. The van der Waals surface area contributed by atoms with Gasteiger partial charge in [0, 0.05) is 23.2 Å². The fourth-order valence-electron chi connectivity index (χ4n) is 3.45. The molecule has 6 heteroatoms. The predicted octanol–water partition coefficient (Wildman–Crippen LogP) is 4.93. The minimum atomic E-state index is -0.538. The Morgan fingerprint density at radius 2 is 1.81 bits per heavy atom. The van der Waals surface area contributed by atoms with E-state index in [9.17, 15) is 19.6 Å². The highest BCUT2D eigenvalue weighted by Gasteiger charge is 2.35. The summed E-state index contributed by atoms with van der Waals surface area (Å²) in [7, 11) is 0. The molecule has 31 heavy (non-hydrogen) atoms. The van der Waals surface area contributed by atoms with Crippen molar-refractivity contribution in [2.24, 2.45) is 0 Å². The molecule has 1 aromatic heterocycles. The summed E-state index contributed by atoms with van der Waals surface area (Å²) in [6, 6.07) is 12.5. The van der Waals surface area contributed by atoms with Gasteiger partial charge in [-0.05, 0) is 44.1 Å². The van der Waals surface area contributed by atoms with E-state index in [0.29, 0.717) is 29.1 Å². The van der Waals surface area contributed by atoms with Crippen LogP contribution in [-0.2, 0) is 9.59 Å².